The molecule has 0 saturated carbocycles. The van der Waals surface area contributed by atoms with E-state index < -0.39 is 0 Å². The lowest BCUT2D eigenvalue weighted by atomic mass is 10.1. The topological polar surface area (TPSA) is 85.1 Å². The summed E-state index contributed by atoms with van der Waals surface area (Å²) in [6.07, 6.45) is 4.19. The number of benzene rings is 1. The smallest absolute Gasteiger partial charge is 0.224 e. The zero-order chi connectivity index (χ0) is 20.4. The molecule has 7 heteroatoms. The van der Waals surface area contributed by atoms with Gasteiger partial charge in [0.1, 0.15) is 0 Å². The SMILES string of the molecule is Cc1cc2nc(C)c(CCC(=O)Nc3cnc(-c4ccccc4)nc3)c(C)n2n1. The second-order valence-corrected chi connectivity index (χ2v) is 7.03. The zero-order valence-corrected chi connectivity index (χ0v) is 16.7. The molecule has 7 nitrogen and oxygen atoms in total. The summed E-state index contributed by atoms with van der Waals surface area (Å²) in [7, 11) is 0. The van der Waals surface area contributed by atoms with Gasteiger partial charge in [0.25, 0.3) is 0 Å². The Bertz CT molecular complexity index is 1170. The van der Waals surface area contributed by atoms with Gasteiger partial charge in [-0.2, -0.15) is 5.10 Å². The van der Waals surface area contributed by atoms with Crippen LogP contribution in [0.25, 0.3) is 17.0 Å². The van der Waals surface area contributed by atoms with Gasteiger partial charge in [0, 0.05) is 29.4 Å². The van der Waals surface area contributed by atoms with Crippen molar-refractivity contribution in [3.8, 4) is 11.4 Å². The first-order valence-electron chi connectivity index (χ1n) is 9.51. The average molecular weight is 386 g/mol. The summed E-state index contributed by atoms with van der Waals surface area (Å²) in [4.78, 5) is 25.7. The quantitative estimate of drug-likeness (QED) is 0.565. The van der Waals surface area contributed by atoms with E-state index in [1.165, 1.54) is 0 Å². The Kier molecular flexibility index (Phi) is 5.03. The van der Waals surface area contributed by atoms with Gasteiger partial charge in [-0.05, 0) is 32.8 Å². The lowest BCUT2D eigenvalue weighted by molar-refractivity contribution is -0.116. The summed E-state index contributed by atoms with van der Waals surface area (Å²) in [5.74, 6) is 0.542. The Balaban J connectivity index is 1.42. The molecule has 0 radical (unpaired) electrons. The maximum Gasteiger partial charge on any atom is 0.224 e. The van der Waals surface area contributed by atoms with Crippen LogP contribution in [0.5, 0.6) is 0 Å². The Hall–Kier alpha value is -3.61. The van der Waals surface area contributed by atoms with E-state index in [1.54, 1.807) is 12.4 Å². The van der Waals surface area contributed by atoms with E-state index in [2.05, 4.69) is 25.4 Å². The van der Waals surface area contributed by atoms with Gasteiger partial charge in [-0.1, -0.05) is 30.3 Å². The molecule has 4 aromatic rings. The maximum atomic E-state index is 12.4. The number of hydrogen-bond acceptors (Lipinski definition) is 5. The fourth-order valence-corrected chi connectivity index (χ4v) is 3.39. The minimum absolute atomic E-state index is 0.0865. The predicted molar refractivity (Wildman–Crippen MR) is 112 cm³/mol. The van der Waals surface area contributed by atoms with Gasteiger partial charge in [-0.25, -0.2) is 19.5 Å². The molecule has 0 atom stereocenters. The van der Waals surface area contributed by atoms with E-state index in [0.717, 1.165) is 33.9 Å². The number of carbonyl (C=O) groups is 1. The summed E-state index contributed by atoms with van der Waals surface area (Å²) in [5.41, 5.74) is 6.27. The third kappa shape index (κ3) is 3.99. The monoisotopic (exact) mass is 386 g/mol. The number of amides is 1. The minimum Gasteiger partial charge on any atom is -0.323 e. The Morgan fingerprint density at radius 3 is 2.52 bits per heavy atom. The van der Waals surface area contributed by atoms with Crippen LogP contribution in [0.2, 0.25) is 0 Å². The van der Waals surface area contributed by atoms with Crippen LogP contribution in [0.1, 0.15) is 29.1 Å². The van der Waals surface area contributed by atoms with Crippen LogP contribution in [-0.4, -0.2) is 30.5 Å². The molecule has 146 valence electrons. The van der Waals surface area contributed by atoms with Crippen LogP contribution in [0.4, 0.5) is 5.69 Å². The second-order valence-electron chi connectivity index (χ2n) is 7.03. The van der Waals surface area contributed by atoms with Crippen LogP contribution in [0.15, 0.2) is 48.8 Å². The summed E-state index contributed by atoms with van der Waals surface area (Å²) >= 11 is 0. The van der Waals surface area contributed by atoms with Crippen molar-refractivity contribution < 1.29 is 4.79 Å². The summed E-state index contributed by atoms with van der Waals surface area (Å²) in [5, 5.41) is 7.34. The number of aromatic nitrogens is 5. The normalized spacial score (nSPS) is 11.0. The van der Waals surface area contributed by atoms with Crippen LogP contribution < -0.4 is 5.32 Å². The van der Waals surface area contributed by atoms with E-state index in [1.807, 2.05) is 61.7 Å². The first-order valence-corrected chi connectivity index (χ1v) is 9.51. The zero-order valence-electron chi connectivity index (χ0n) is 16.7. The molecular formula is C22H22N6O. The van der Waals surface area contributed by atoms with Crippen molar-refractivity contribution in [3.05, 3.63) is 71.4 Å². The molecule has 0 aliphatic rings. The van der Waals surface area contributed by atoms with E-state index in [9.17, 15) is 4.79 Å². The van der Waals surface area contributed by atoms with Gasteiger partial charge in [-0.3, -0.25) is 4.79 Å². The van der Waals surface area contributed by atoms with Crippen molar-refractivity contribution in [1.82, 2.24) is 24.6 Å². The largest absolute Gasteiger partial charge is 0.323 e. The fraction of sp³-hybridized carbons (Fsp3) is 0.227. The molecule has 0 spiro atoms. The van der Waals surface area contributed by atoms with Crippen molar-refractivity contribution in [3.63, 3.8) is 0 Å². The highest BCUT2D eigenvalue weighted by atomic mass is 16.1. The number of hydrogen-bond donors (Lipinski definition) is 1. The third-order valence-corrected chi connectivity index (χ3v) is 4.86. The highest BCUT2D eigenvalue weighted by Crippen LogP contribution is 2.18. The number of rotatable bonds is 5. The van der Waals surface area contributed by atoms with Crippen LogP contribution in [-0.2, 0) is 11.2 Å². The van der Waals surface area contributed by atoms with Crippen LogP contribution in [0, 0.1) is 20.8 Å². The van der Waals surface area contributed by atoms with E-state index in [4.69, 9.17) is 0 Å². The molecular weight excluding hydrogens is 364 g/mol. The molecule has 0 aliphatic carbocycles. The highest BCUT2D eigenvalue weighted by Gasteiger charge is 2.13. The van der Waals surface area contributed by atoms with Gasteiger partial charge in [-0.15, -0.1) is 0 Å². The molecule has 3 heterocycles. The minimum atomic E-state index is -0.0865. The first kappa shape index (κ1) is 18.7. The molecule has 1 amide bonds. The first-order chi connectivity index (χ1) is 14.0. The van der Waals surface area contributed by atoms with Crippen molar-refractivity contribution in [2.24, 2.45) is 0 Å². The van der Waals surface area contributed by atoms with Crippen molar-refractivity contribution in [1.29, 1.82) is 0 Å². The number of fused-ring (bicyclic) bond motifs is 1. The predicted octanol–water partition coefficient (Wildman–Crippen LogP) is 3.68. The molecule has 3 aromatic heterocycles. The lowest BCUT2D eigenvalue weighted by Crippen LogP contribution is -2.14. The Labute approximate surface area is 168 Å². The third-order valence-electron chi connectivity index (χ3n) is 4.86. The molecule has 0 bridgehead atoms. The number of carbonyl (C=O) groups excluding carboxylic acids is 1. The lowest BCUT2D eigenvalue weighted by Gasteiger charge is -2.11. The fourth-order valence-electron chi connectivity index (χ4n) is 3.39. The number of nitrogens with one attached hydrogen (secondary N) is 1. The van der Waals surface area contributed by atoms with Crippen LogP contribution in [0.3, 0.4) is 0 Å². The molecule has 1 aromatic carbocycles. The number of anilines is 1. The summed E-state index contributed by atoms with van der Waals surface area (Å²) < 4.78 is 1.84. The molecule has 0 unspecified atom stereocenters. The van der Waals surface area contributed by atoms with E-state index in [-0.39, 0.29) is 5.91 Å². The molecule has 4 rings (SSSR count). The van der Waals surface area contributed by atoms with Crippen molar-refractivity contribution >= 4 is 17.2 Å². The van der Waals surface area contributed by atoms with Crippen molar-refractivity contribution in [2.75, 3.05) is 5.32 Å². The van der Waals surface area contributed by atoms with Crippen LogP contribution >= 0.6 is 0 Å². The second kappa shape index (κ2) is 7.79. The maximum absolute atomic E-state index is 12.4. The molecule has 0 saturated heterocycles. The molecule has 0 fully saturated rings. The molecule has 29 heavy (non-hydrogen) atoms. The van der Waals surface area contributed by atoms with Gasteiger partial charge in [0.05, 0.1) is 23.8 Å². The van der Waals surface area contributed by atoms with Crippen molar-refractivity contribution in [2.45, 2.75) is 33.6 Å². The van der Waals surface area contributed by atoms with E-state index >= 15 is 0 Å². The molecule has 0 aliphatic heterocycles. The molecule has 1 N–H and O–H groups in total. The summed E-state index contributed by atoms with van der Waals surface area (Å²) in [6, 6.07) is 11.7. The highest BCUT2D eigenvalue weighted by molar-refractivity contribution is 5.90. The Morgan fingerprint density at radius 1 is 1.07 bits per heavy atom. The van der Waals surface area contributed by atoms with E-state index in [0.29, 0.717) is 24.4 Å². The average Bonchev–Trinajstić information content (AvgIpc) is 3.09. The summed E-state index contributed by atoms with van der Waals surface area (Å²) in [6.45, 7) is 5.93. The van der Waals surface area contributed by atoms with Gasteiger partial charge >= 0.3 is 0 Å². The van der Waals surface area contributed by atoms with Gasteiger partial charge < -0.3 is 5.32 Å². The standard InChI is InChI=1S/C22H22N6O/c1-14-11-20-25-15(2)19(16(3)28(20)27-14)9-10-21(29)26-18-12-23-22(24-13-18)17-7-5-4-6-8-17/h4-8,11-13H,9-10H2,1-3H3,(H,26,29). The van der Waals surface area contributed by atoms with Gasteiger partial charge in [0.2, 0.25) is 5.91 Å². The van der Waals surface area contributed by atoms with Gasteiger partial charge in [0.15, 0.2) is 11.5 Å². The number of nitrogens with zero attached hydrogens (tertiary/aromatic N) is 5. The number of aryl methyl sites for hydroxylation is 3. The Morgan fingerprint density at radius 2 is 1.79 bits per heavy atom.